The highest BCUT2D eigenvalue weighted by Crippen LogP contribution is 2.28. The summed E-state index contributed by atoms with van der Waals surface area (Å²) >= 11 is 13.3. The second kappa shape index (κ2) is 8.02. The normalized spacial score (nSPS) is 12.0. The maximum atomic E-state index is 12.2. The molecule has 1 amide bonds. The van der Waals surface area contributed by atoms with Gasteiger partial charge in [0.25, 0.3) is 5.91 Å². The first kappa shape index (κ1) is 18.0. The molecule has 2 aromatic carbocycles. The summed E-state index contributed by atoms with van der Waals surface area (Å²) in [4.78, 5) is 14.0. The van der Waals surface area contributed by atoms with Gasteiger partial charge < -0.3 is 10.4 Å². The fourth-order valence-electron chi connectivity index (χ4n) is 2.39. The van der Waals surface area contributed by atoms with Crippen molar-refractivity contribution in [3.63, 3.8) is 0 Å². The largest absolute Gasteiger partial charge is 0.383 e. The zero-order chi connectivity index (χ0) is 17.8. The molecule has 3 nitrogen and oxygen atoms in total. The summed E-state index contributed by atoms with van der Waals surface area (Å²) in [6.07, 6.45) is -0.664. The van der Waals surface area contributed by atoms with Crippen LogP contribution in [0.4, 0.5) is 0 Å². The number of hydrogen-bond donors (Lipinski definition) is 2. The number of amides is 1. The van der Waals surface area contributed by atoms with E-state index < -0.39 is 6.10 Å². The van der Waals surface area contributed by atoms with Crippen LogP contribution in [0.25, 0.3) is 0 Å². The van der Waals surface area contributed by atoms with Crippen molar-refractivity contribution in [2.45, 2.75) is 12.6 Å². The first-order chi connectivity index (χ1) is 12.0. The molecular weight excluding hydrogens is 377 g/mol. The van der Waals surface area contributed by atoms with E-state index in [1.165, 1.54) is 11.3 Å². The lowest BCUT2D eigenvalue weighted by Crippen LogP contribution is -2.22. The Hall–Kier alpha value is -1.85. The van der Waals surface area contributed by atoms with Crippen molar-refractivity contribution >= 4 is 40.4 Å². The average Bonchev–Trinajstić information content (AvgIpc) is 3.08. The molecule has 25 heavy (non-hydrogen) atoms. The Bertz CT molecular complexity index is 860. The number of hydrogen-bond acceptors (Lipinski definition) is 3. The zero-order valence-corrected chi connectivity index (χ0v) is 15.4. The Balaban J connectivity index is 1.64. The molecule has 6 heteroatoms. The lowest BCUT2D eigenvalue weighted by molar-refractivity contribution is 0.0951. The van der Waals surface area contributed by atoms with E-state index in [0.29, 0.717) is 22.2 Å². The van der Waals surface area contributed by atoms with Crippen molar-refractivity contribution in [2.75, 3.05) is 0 Å². The molecular formula is C19H15Cl2NO2S. The molecule has 1 unspecified atom stereocenters. The molecule has 3 rings (SSSR count). The fourth-order valence-corrected chi connectivity index (χ4v) is 3.88. The van der Waals surface area contributed by atoms with E-state index in [4.69, 9.17) is 23.2 Å². The highest BCUT2D eigenvalue weighted by atomic mass is 35.5. The van der Waals surface area contributed by atoms with Crippen LogP contribution in [-0.4, -0.2) is 11.0 Å². The van der Waals surface area contributed by atoms with E-state index in [2.05, 4.69) is 5.32 Å². The minimum atomic E-state index is -0.664. The van der Waals surface area contributed by atoms with E-state index in [9.17, 15) is 9.90 Å². The Kier molecular flexibility index (Phi) is 5.76. The topological polar surface area (TPSA) is 49.3 Å². The van der Waals surface area contributed by atoms with E-state index >= 15 is 0 Å². The fraction of sp³-hybridized carbons (Fsp3) is 0.105. The maximum Gasteiger partial charge on any atom is 0.251 e. The van der Waals surface area contributed by atoms with Crippen LogP contribution in [0.15, 0.2) is 60.7 Å². The van der Waals surface area contributed by atoms with Crippen molar-refractivity contribution in [1.29, 1.82) is 0 Å². The molecule has 0 aliphatic heterocycles. The number of carbonyl (C=O) groups is 1. The minimum Gasteiger partial charge on any atom is -0.383 e. The maximum absolute atomic E-state index is 12.2. The highest BCUT2D eigenvalue weighted by Gasteiger charge is 2.13. The van der Waals surface area contributed by atoms with Gasteiger partial charge in [-0.2, -0.15) is 0 Å². The molecule has 3 aromatic rings. The van der Waals surface area contributed by atoms with Crippen molar-refractivity contribution < 1.29 is 9.90 Å². The molecule has 0 aliphatic rings. The van der Waals surface area contributed by atoms with Gasteiger partial charge in [0.15, 0.2) is 0 Å². The van der Waals surface area contributed by atoms with Crippen molar-refractivity contribution in [2.24, 2.45) is 0 Å². The number of thiophene rings is 1. The van der Waals surface area contributed by atoms with Crippen molar-refractivity contribution in [3.8, 4) is 0 Å². The number of halogens is 2. The van der Waals surface area contributed by atoms with Crippen LogP contribution in [0, 0.1) is 0 Å². The van der Waals surface area contributed by atoms with E-state index in [0.717, 1.165) is 15.3 Å². The third-order valence-electron chi connectivity index (χ3n) is 3.62. The van der Waals surface area contributed by atoms with Crippen LogP contribution in [-0.2, 0) is 6.54 Å². The summed E-state index contributed by atoms with van der Waals surface area (Å²) in [7, 11) is 0. The smallest absolute Gasteiger partial charge is 0.251 e. The lowest BCUT2D eigenvalue weighted by atomic mass is 10.1. The summed E-state index contributed by atoms with van der Waals surface area (Å²) in [5.74, 6) is -0.247. The molecule has 0 bridgehead atoms. The number of carbonyl (C=O) groups excluding carboxylic acids is 1. The summed E-state index contributed by atoms with van der Waals surface area (Å²) in [5.41, 5.74) is 1.26. The quantitative estimate of drug-likeness (QED) is 0.637. The summed E-state index contributed by atoms with van der Waals surface area (Å²) < 4.78 is 0. The molecule has 2 N–H and O–H groups in total. The second-order valence-electron chi connectivity index (χ2n) is 5.46. The van der Waals surface area contributed by atoms with Crippen LogP contribution in [0.2, 0.25) is 10.0 Å². The molecule has 0 saturated heterocycles. The summed E-state index contributed by atoms with van der Waals surface area (Å²) in [6.45, 7) is 0.370. The minimum absolute atomic E-state index is 0.247. The predicted octanol–water partition coefficient (Wildman–Crippen LogP) is 5.07. The molecule has 1 heterocycles. The van der Waals surface area contributed by atoms with Gasteiger partial charge in [0.1, 0.15) is 6.10 Å². The summed E-state index contributed by atoms with van der Waals surface area (Å²) in [5, 5.41) is 14.1. The van der Waals surface area contributed by atoms with Gasteiger partial charge >= 0.3 is 0 Å². The van der Waals surface area contributed by atoms with Gasteiger partial charge in [-0.15, -0.1) is 11.3 Å². The standard InChI is InChI=1S/C19H15Cl2NO2S/c20-14-8-13(9-15(21)10-14)19(24)22-11-16-6-7-17(25-16)18(23)12-4-2-1-3-5-12/h1-10,18,23H,11H2,(H,22,24). The van der Waals surface area contributed by atoms with Crippen molar-refractivity contribution in [3.05, 3.63) is 91.6 Å². The number of benzene rings is 2. The average molecular weight is 392 g/mol. The third-order valence-corrected chi connectivity index (χ3v) is 5.19. The van der Waals surface area contributed by atoms with Crippen LogP contribution in [0.5, 0.6) is 0 Å². The predicted molar refractivity (Wildman–Crippen MR) is 102 cm³/mol. The molecule has 0 fully saturated rings. The first-order valence-corrected chi connectivity index (χ1v) is 9.16. The number of nitrogens with one attached hydrogen (secondary N) is 1. The number of rotatable bonds is 5. The van der Waals surface area contributed by atoms with E-state index in [1.807, 2.05) is 42.5 Å². The SMILES string of the molecule is O=C(NCc1ccc(C(O)c2ccccc2)s1)c1cc(Cl)cc(Cl)c1. The number of aliphatic hydroxyl groups is 1. The van der Waals surface area contributed by atoms with Gasteiger partial charge in [-0.3, -0.25) is 4.79 Å². The van der Waals surface area contributed by atoms with Gasteiger partial charge in [0.05, 0.1) is 6.54 Å². The van der Waals surface area contributed by atoms with Crippen LogP contribution < -0.4 is 5.32 Å². The van der Waals surface area contributed by atoms with Crippen LogP contribution in [0.1, 0.15) is 31.8 Å². The summed E-state index contributed by atoms with van der Waals surface area (Å²) in [6, 6.07) is 18.0. The molecule has 0 saturated carbocycles. The van der Waals surface area contributed by atoms with Gasteiger partial charge in [0, 0.05) is 25.4 Å². The Morgan fingerprint density at radius 1 is 1.04 bits per heavy atom. The van der Waals surface area contributed by atoms with Crippen molar-refractivity contribution in [1.82, 2.24) is 5.32 Å². The second-order valence-corrected chi connectivity index (χ2v) is 7.53. The molecule has 1 atom stereocenters. The molecule has 1 aromatic heterocycles. The van der Waals surface area contributed by atoms with Gasteiger partial charge in [-0.1, -0.05) is 53.5 Å². The van der Waals surface area contributed by atoms with Gasteiger partial charge in [-0.25, -0.2) is 0 Å². The highest BCUT2D eigenvalue weighted by molar-refractivity contribution is 7.12. The van der Waals surface area contributed by atoms with Gasteiger partial charge in [0.2, 0.25) is 0 Å². The Morgan fingerprint density at radius 2 is 1.72 bits per heavy atom. The zero-order valence-electron chi connectivity index (χ0n) is 13.1. The molecule has 0 spiro atoms. The van der Waals surface area contributed by atoms with E-state index in [-0.39, 0.29) is 5.91 Å². The Morgan fingerprint density at radius 3 is 2.40 bits per heavy atom. The van der Waals surface area contributed by atoms with Gasteiger partial charge in [-0.05, 0) is 35.9 Å². The first-order valence-electron chi connectivity index (χ1n) is 7.59. The monoisotopic (exact) mass is 391 g/mol. The molecule has 0 aliphatic carbocycles. The third kappa shape index (κ3) is 4.61. The van der Waals surface area contributed by atoms with Crippen LogP contribution >= 0.6 is 34.5 Å². The number of aliphatic hydroxyl groups excluding tert-OH is 1. The Labute approximate surface area is 159 Å². The van der Waals surface area contributed by atoms with Crippen LogP contribution in [0.3, 0.4) is 0 Å². The molecule has 128 valence electrons. The van der Waals surface area contributed by atoms with E-state index in [1.54, 1.807) is 18.2 Å². The lowest BCUT2D eigenvalue weighted by Gasteiger charge is -2.08. The molecule has 0 radical (unpaired) electrons.